The molecule has 160 valence electrons. The SMILES string of the molecule is CCCCCCCCCC(=O)N[C@@H]1CC(=O)N[C@@]1(O)C(=O)NCc1ccccc1. The third-order valence-electron chi connectivity index (χ3n) is 5.21. The molecule has 1 saturated heterocycles. The van der Waals surface area contributed by atoms with Gasteiger partial charge in [0.1, 0.15) is 0 Å². The number of hydrogen-bond donors (Lipinski definition) is 4. The summed E-state index contributed by atoms with van der Waals surface area (Å²) in [5.74, 6) is -1.45. The van der Waals surface area contributed by atoms with Crippen molar-refractivity contribution in [2.45, 2.75) is 83.0 Å². The van der Waals surface area contributed by atoms with E-state index in [4.69, 9.17) is 0 Å². The summed E-state index contributed by atoms with van der Waals surface area (Å²) in [7, 11) is 0. The van der Waals surface area contributed by atoms with E-state index in [9.17, 15) is 19.5 Å². The minimum Gasteiger partial charge on any atom is -0.362 e. The molecule has 0 unspecified atom stereocenters. The molecule has 2 atom stereocenters. The molecule has 0 bridgehead atoms. The average Bonchev–Trinajstić information content (AvgIpc) is 3.00. The molecular weight excluding hydrogens is 370 g/mol. The normalized spacial score (nSPS) is 20.9. The number of carbonyl (C=O) groups excluding carboxylic acids is 3. The van der Waals surface area contributed by atoms with Crippen LogP contribution in [0.5, 0.6) is 0 Å². The van der Waals surface area contributed by atoms with Crippen molar-refractivity contribution < 1.29 is 19.5 Å². The summed E-state index contributed by atoms with van der Waals surface area (Å²) in [6, 6.07) is 8.27. The van der Waals surface area contributed by atoms with Crippen LogP contribution in [0.4, 0.5) is 0 Å². The van der Waals surface area contributed by atoms with Crippen LogP contribution in [0.3, 0.4) is 0 Å². The molecule has 0 radical (unpaired) electrons. The van der Waals surface area contributed by atoms with Gasteiger partial charge in [0.15, 0.2) is 0 Å². The Bertz CT molecular complexity index is 680. The number of nitrogens with one attached hydrogen (secondary N) is 3. The van der Waals surface area contributed by atoms with Crippen molar-refractivity contribution in [2.24, 2.45) is 0 Å². The predicted molar refractivity (Wildman–Crippen MR) is 111 cm³/mol. The van der Waals surface area contributed by atoms with Crippen molar-refractivity contribution in [3.8, 4) is 0 Å². The van der Waals surface area contributed by atoms with Gasteiger partial charge in [0.25, 0.3) is 5.91 Å². The van der Waals surface area contributed by atoms with E-state index >= 15 is 0 Å². The Morgan fingerprint density at radius 1 is 1.10 bits per heavy atom. The van der Waals surface area contributed by atoms with Crippen LogP contribution in [0.2, 0.25) is 0 Å². The van der Waals surface area contributed by atoms with Gasteiger partial charge in [-0.25, -0.2) is 0 Å². The standard InChI is InChI=1S/C22H33N3O4/c1-2-3-4-5-6-7-11-14-19(26)24-18-15-20(27)25-22(18,29)21(28)23-16-17-12-9-8-10-13-17/h8-10,12-13,18,29H,2-7,11,14-16H2,1H3,(H,23,28)(H,24,26)(H,25,27)/t18-,22+/m1/s1. The number of carbonyl (C=O) groups is 3. The van der Waals surface area contributed by atoms with Crippen molar-refractivity contribution >= 4 is 17.7 Å². The lowest BCUT2D eigenvalue weighted by Gasteiger charge is -2.28. The van der Waals surface area contributed by atoms with Gasteiger partial charge >= 0.3 is 0 Å². The summed E-state index contributed by atoms with van der Waals surface area (Å²) in [6.45, 7) is 2.40. The summed E-state index contributed by atoms with van der Waals surface area (Å²) in [5, 5.41) is 18.3. The van der Waals surface area contributed by atoms with Crippen LogP contribution in [0.25, 0.3) is 0 Å². The highest BCUT2D eigenvalue weighted by Gasteiger charge is 2.51. The summed E-state index contributed by atoms with van der Waals surface area (Å²) >= 11 is 0. The maximum Gasteiger partial charge on any atom is 0.275 e. The first kappa shape index (κ1) is 22.9. The second kappa shape index (κ2) is 11.6. The number of unbranched alkanes of at least 4 members (excludes halogenated alkanes) is 6. The maximum atomic E-state index is 12.5. The summed E-state index contributed by atoms with van der Waals surface area (Å²) in [4.78, 5) is 36.6. The Balaban J connectivity index is 1.79. The first-order chi connectivity index (χ1) is 14.0. The molecule has 4 N–H and O–H groups in total. The van der Waals surface area contributed by atoms with E-state index in [1.807, 2.05) is 30.3 Å². The van der Waals surface area contributed by atoms with Gasteiger partial charge < -0.3 is 21.1 Å². The van der Waals surface area contributed by atoms with Gasteiger partial charge in [-0.05, 0) is 12.0 Å². The lowest BCUT2D eigenvalue weighted by molar-refractivity contribution is -0.147. The third-order valence-corrected chi connectivity index (χ3v) is 5.21. The molecule has 1 aliphatic heterocycles. The first-order valence-corrected chi connectivity index (χ1v) is 10.6. The smallest absolute Gasteiger partial charge is 0.275 e. The molecule has 7 nitrogen and oxygen atoms in total. The van der Waals surface area contributed by atoms with Crippen molar-refractivity contribution in [1.29, 1.82) is 0 Å². The van der Waals surface area contributed by atoms with Crippen molar-refractivity contribution in [2.75, 3.05) is 0 Å². The van der Waals surface area contributed by atoms with Crippen LogP contribution in [-0.2, 0) is 20.9 Å². The van der Waals surface area contributed by atoms with Crippen molar-refractivity contribution in [1.82, 2.24) is 16.0 Å². The van der Waals surface area contributed by atoms with E-state index in [1.165, 1.54) is 25.7 Å². The first-order valence-electron chi connectivity index (χ1n) is 10.6. The Morgan fingerprint density at radius 2 is 1.76 bits per heavy atom. The fraction of sp³-hybridized carbons (Fsp3) is 0.591. The second-order valence-electron chi connectivity index (χ2n) is 7.68. The highest BCUT2D eigenvalue weighted by atomic mass is 16.3. The second-order valence-corrected chi connectivity index (χ2v) is 7.68. The molecule has 0 spiro atoms. The molecule has 1 aromatic carbocycles. The van der Waals surface area contributed by atoms with Gasteiger partial charge in [0.2, 0.25) is 17.5 Å². The highest BCUT2D eigenvalue weighted by molar-refractivity contribution is 5.95. The Morgan fingerprint density at radius 3 is 2.45 bits per heavy atom. The minimum absolute atomic E-state index is 0.127. The van der Waals surface area contributed by atoms with Crippen molar-refractivity contribution in [3.05, 3.63) is 35.9 Å². The van der Waals surface area contributed by atoms with Crippen LogP contribution < -0.4 is 16.0 Å². The monoisotopic (exact) mass is 403 g/mol. The van der Waals surface area contributed by atoms with E-state index in [0.717, 1.165) is 24.8 Å². The van der Waals surface area contributed by atoms with Crippen LogP contribution in [0, 0.1) is 0 Å². The zero-order chi connectivity index (χ0) is 21.1. The Hall–Kier alpha value is -2.41. The quantitative estimate of drug-likeness (QED) is 0.401. The highest BCUT2D eigenvalue weighted by Crippen LogP contribution is 2.19. The van der Waals surface area contributed by atoms with Crippen molar-refractivity contribution in [3.63, 3.8) is 0 Å². The van der Waals surface area contributed by atoms with E-state index in [1.54, 1.807) is 0 Å². The number of rotatable bonds is 12. The molecule has 0 aromatic heterocycles. The zero-order valence-corrected chi connectivity index (χ0v) is 17.2. The molecule has 1 aromatic rings. The molecule has 3 amide bonds. The van der Waals surface area contributed by atoms with Crippen LogP contribution in [-0.4, -0.2) is 34.6 Å². The zero-order valence-electron chi connectivity index (χ0n) is 17.2. The summed E-state index contributed by atoms with van der Waals surface area (Å²) in [6.07, 6.45) is 7.88. The van der Waals surface area contributed by atoms with Crippen LogP contribution in [0.1, 0.15) is 70.3 Å². The van der Waals surface area contributed by atoms with Crippen LogP contribution >= 0.6 is 0 Å². The number of aliphatic hydroxyl groups is 1. The molecule has 2 rings (SSSR count). The van der Waals surface area contributed by atoms with Gasteiger partial charge in [-0.2, -0.15) is 0 Å². The summed E-state index contributed by atoms with van der Waals surface area (Å²) < 4.78 is 0. The number of benzene rings is 1. The van der Waals surface area contributed by atoms with Gasteiger partial charge in [0, 0.05) is 13.0 Å². The fourth-order valence-electron chi connectivity index (χ4n) is 3.48. The van der Waals surface area contributed by atoms with Gasteiger partial charge in [-0.15, -0.1) is 0 Å². The lowest BCUT2D eigenvalue weighted by atomic mass is 10.0. The molecule has 1 heterocycles. The maximum absolute atomic E-state index is 12.5. The minimum atomic E-state index is -2.14. The topological polar surface area (TPSA) is 108 Å². The molecule has 0 saturated carbocycles. The number of hydrogen-bond acceptors (Lipinski definition) is 4. The molecule has 29 heavy (non-hydrogen) atoms. The van der Waals surface area contributed by atoms with E-state index in [2.05, 4.69) is 22.9 Å². The summed E-state index contributed by atoms with van der Waals surface area (Å²) in [5.41, 5.74) is -1.27. The van der Waals surface area contributed by atoms with Gasteiger partial charge in [-0.3, -0.25) is 14.4 Å². The van der Waals surface area contributed by atoms with Gasteiger partial charge in [0.05, 0.1) is 12.5 Å². The number of amides is 3. The average molecular weight is 404 g/mol. The largest absolute Gasteiger partial charge is 0.362 e. The van der Waals surface area contributed by atoms with Crippen LogP contribution in [0.15, 0.2) is 30.3 Å². The van der Waals surface area contributed by atoms with E-state index in [-0.39, 0.29) is 18.9 Å². The molecular formula is C22H33N3O4. The molecule has 1 aliphatic rings. The molecule has 7 heteroatoms. The van der Waals surface area contributed by atoms with Gasteiger partial charge in [-0.1, -0.05) is 75.8 Å². The third kappa shape index (κ3) is 7.16. The van der Waals surface area contributed by atoms with E-state index < -0.39 is 23.6 Å². The Labute approximate surface area is 172 Å². The molecule has 0 aliphatic carbocycles. The molecule has 1 fully saturated rings. The Kier molecular flexibility index (Phi) is 9.12. The van der Waals surface area contributed by atoms with E-state index in [0.29, 0.717) is 6.42 Å². The predicted octanol–water partition coefficient (Wildman–Crippen LogP) is 2.14. The lowest BCUT2D eigenvalue weighted by Crippen LogP contribution is -2.63. The fourth-order valence-corrected chi connectivity index (χ4v) is 3.48.